The SMILES string of the molecule is CCN(CCCNC(=NC)NCc1cccc(C#N)c1)c1ccccc1.I. The van der Waals surface area contributed by atoms with Crippen molar-refractivity contribution in [2.75, 3.05) is 31.6 Å². The normalized spacial score (nSPS) is 10.5. The summed E-state index contributed by atoms with van der Waals surface area (Å²) in [5.74, 6) is 0.773. The molecular weight excluding hydrogens is 449 g/mol. The molecule has 0 bridgehead atoms. The van der Waals surface area contributed by atoms with Gasteiger partial charge in [0.1, 0.15) is 0 Å². The molecule has 0 radical (unpaired) electrons. The van der Waals surface area contributed by atoms with Gasteiger partial charge >= 0.3 is 0 Å². The van der Waals surface area contributed by atoms with Crippen LogP contribution in [0.4, 0.5) is 5.69 Å². The maximum Gasteiger partial charge on any atom is 0.191 e. The van der Waals surface area contributed by atoms with E-state index >= 15 is 0 Å². The van der Waals surface area contributed by atoms with E-state index in [1.54, 1.807) is 7.05 Å². The fourth-order valence-electron chi connectivity index (χ4n) is 2.74. The Morgan fingerprint density at radius 1 is 1.11 bits per heavy atom. The van der Waals surface area contributed by atoms with Crippen molar-refractivity contribution in [3.05, 3.63) is 65.7 Å². The van der Waals surface area contributed by atoms with E-state index in [2.05, 4.69) is 57.8 Å². The summed E-state index contributed by atoms with van der Waals surface area (Å²) < 4.78 is 0. The number of nitriles is 1. The van der Waals surface area contributed by atoms with Crippen molar-refractivity contribution in [1.29, 1.82) is 5.26 Å². The quantitative estimate of drug-likeness (QED) is 0.263. The lowest BCUT2D eigenvalue weighted by molar-refractivity contribution is 0.708. The van der Waals surface area contributed by atoms with Crippen LogP contribution >= 0.6 is 24.0 Å². The molecule has 5 nitrogen and oxygen atoms in total. The Bertz CT molecular complexity index is 740. The van der Waals surface area contributed by atoms with Crippen LogP contribution in [0.1, 0.15) is 24.5 Å². The first-order valence-corrected chi connectivity index (χ1v) is 9.00. The van der Waals surface area contributed by atoms with Crippen molar-refractivity contribution in [3.63, 3.8) is 0 Å². The van der Waals surface area contributed by atoms with Crippen LogP contribution < -0.4 is 15.5 Å². The van der Waals surface area contributed by atoms with Gasteiger partial charge in [-0.05, 0) is 43.2 Å². The molecule has 2 aromatic rings. The fraction of sp³-hybridized carbons (Fsp3) is 0.333. The van der Waals surface area contributed by atoms with Gasteiger partial charge in [-0.1, -0.05) is 30.3 Å². The molecule has 0 aromatic heterocycles. The number of nitrogens with zero attached hydrogens (tertiary/aromatic N) is 3. The molecule has 0 fully saturated rings. The van der Waals surface area contributed by atoms with Gasteiger partial charge in [0.05, 0.1) is 11.6 Å². The molecule has 2 N–H and O–H groups in total. The van der Waals surface area contributed by atoms with Crippen molar-refractivity contribution in [1.82, 2.24) is 10.6 Å². The number of guanidine groups is 1. The summed E-state index contributed by atoms with van der Waals surface area (Å²) in [7, 11) is 1.77. The van der Waals surface area contributed by atoms with Gasteiger partial charge < -0.3 is 15.5 Å². The Morgan fingerprint density at radius 3 is 2.56 bits per heavy atom. The van der Waals surface area contributed by atoms with E-state index in [1.165, 1.54) is 5.69 Å². The molecule has 0 aliphatic carbocycles. The minimum Gasteiger partial charge on any atom is -0.372 e. The van der Waals surface area contributed by atoms with E-state index in [0.29, 0.717) is 12.1 Å². The van der Waals surface area contributed by atoms with Crippen LogP contribution in [0.3, 0.4) is 0 Å². The molecular formula is C21H28IN5. The fourth-order valence-corrected chi connectivity index (χ4v) is 2.74. The van der Waals surface area contributed by atoms with E-state index in [9.17, 15) is 0 Å². The molecule has 0 unspecified atom stereocenters. The summed E-state index contributed by atoms with van der Waals surface area (Å²) in [6.07, 6.45) is 1.02. The van der Waals surface area contributed by atoms with E-state index in [4.69, 9.17) is 5.26 Å². The average Bonchev–Trinajstić information content (AvgIpc) is 2.71. The van der Waals surface area contributed by atoms with Gasteiger partial charge in [-0.25, -0.2) is 0 Å². The molecule has 6 heteroatoms. The largest absolute Gasteiger partial charge is 0.372 e. The van der Waals surface area contributed by atoms with Crippen LogP contribution in [-0.2, 0) is 6.54 Å². The lowest BCUT2D eigenvalue weighted by Crippen LogP contribution is -2.38. The third-order valence-electron chi connectivity index (χ3n) is 4.14. The minimum atomic E-state index is 0. The molecule has 0 aliphatic heterocycles. The van der Waals surface area contributed by atoms with E-state index < -0.39 is 0 Å². The molecule has 2 rings (SSSR count). The summed E-state index contributed by atoms with van der Waals surface area (Å²) in [5.41, 5.74) is 3.00. The van der Waals surface area contributed by atoms with Gasteiger partial charge in [-0.3, -0.25) is 4.99 Å². The second-order valence-electron chi connectivity index (χ2n) is 5.93. The lowest BCUT2D eigenvalue weighted by atomic mass is 10.1. The van der Waals surface area contributed by atoms with Crippen molar-refractivity contribution >= 4 is 35.6 Å². The summed E-state index contributed by atoms with van der Waals surface area (Å²) in [6, 6.07) is 20.2. The van der Waals surface area contributed by atoms with Gasteiger partial charge in [0.15, 0.2) is 5.96 Å². The summed E-state index contributed by atoms with van der Waals surface area (Å²) in [6.45, 7) is 5.65. The Morgan fingerprint density at radius 2 is 1.89 bits per heavy atom. The number of anilines is 1. The van der Waals surface area contributed by atoms with Gasteiger partial charge in [0.2, 0.25) is 0 Å². The first-order valence-electron chi connectivity index (χ1n) is 9.00. The molecule has 144 valence electrons. The molecule has 0 amide bonds. The zero-order valence-electron chi connectivity index (χ0n) is 16.0. The predicted octanol–water partition coefficient (Wildman–Crippen LogP) is 3.76. The molecule has 0 saturated carbocycles. The average molecular weight is 477 g/mol. The number of hydrogen-bond donors (Lipinski definition) is 2. The van der Waals surface area contributed by atoms with Crippen LogP contribution in [-0.4, -0.2) is 32.6 Å². The number of para-hydroxylation sites is 1. The smallest absolute Gasteiger partial charge is 0.191 e. The van der Waals surface area contributed by atoms with E-state index in [1.807, 2.05) is 30.3 Å². The number of nitrogens with one attached hydrogen (secondary N) is 2. The van der Waals surface area contributed by atoms with Crippen LogP contribution in [0.2, 0.25) is 0 Å². The zero-order valence-corrected chi connectivity index (χ0v) is 18.3. The predicted molar refractivity (Wildman–Crippen MR) is 124 cm³/mol. The molecule has 0 spiro atoms. The highest BCUT2D eigenvalue weighted by atomic mass is 127. The first kappa shape index (κ1) is 22.8. The highest BCUT2D eigenvalue weighted by Gasteiger charge is 2.04. The lowest BCUT2D eigenvalue weighted by Gasteiger charge is -2.23. The Labute approximate surface area is 179 Å². The maximum absolute atomic E-state index is 8.97. The zero-order chi connectivity index (χ0) is 18.6. The maximum atomic E-state index is 8.97. The van der Waals surface area contributed by atoms with Crippen LogP contribution in [0.5, 0.6) is 0 Å². The number of halogens is 1. The van der Waals surface area contributed by atoms with Crippen LogP contribution in [0.25, 0.3) is 0 Å². The van der Waals surface area contributed by atoms with Crippen LogP contribution in [0.15, 0.2) is 59.6 Å². The molecule has 27 heavy (non-hydrogen) atoms. The first-order chi connectivity index (χ1) is 12.8. The highest BCUT2D eigenvalue weighted by molar-refractivity contribution is 14.0. The molecule has 2 aromatic carbocycles. The number of rotatable bonds is 8. The monoisotopic (exact) mass is 477 g/mol. The molecule has 0 atom stereocenters. The molecule has 0 aliphatic rings. The topological polar surface area (TPSA) is 63.4 Å². The number of aliphatic imine (C=N–C) groups is 1. The molecule has 0 heterocycles. The van der Waals surface area contributed by atoms with E-state index in [0.717, 1.165) is 37.6 Å². The second-order valence-corrected chi connectivity index (χ2v) is 5.93. The summed E-state index contributed by atoms with van der Waals surface area (Å²) >= 11 is 0. The third kappa shape index (κ3) is 7.87. The van der Waals surface area contributed by atoms with Crippen molar-refractivity contribution in [2.45, 2.75) is 19.9 Å². The van der Waals surface area contributed by atoms with Crippen LogP contribution in [0, 0.1) is 11.3 Å². The third-order valence-corrected chi connectivity index (χ3v) is 4.14. The second kappa shape index (κ2) is 13.0. The summed E-state index contributed by atoms with van der Waals surface area (Å²) in [5, 5.41) is 15.6. The Kier molecular flexibility index (Phi) is 10.9. The Balaban J connectivity index is 0.00000364. The van der Waals surface area contributed by atoms with Gasteiger partial charge in [0, 0.05) is 38.9 Å². The minimum absolute atomic E-state index is 0. The van der Waals surface area contributed by atoms with Crippen molar-refractivity contribution < 1.29 is 0 Å². The van der Waals surface area contributed by atoms with Crippen molar-refractivity contribution in [3.8, 4) is 6.07 Å². The highest BCUT2D eigenvalue weighted by Crippen LogP contribution is 2.12. The Hall–Kier alpha value is -2.27. The number of benzene rings is 2. The van der Waals surface area contributed by atoms with E-state index in [-0.39, 0.29) is 24.0 Å². The standard InChI is InChI=1S/C21H27N5.HI/c1-3-26(20-11-5-4-6-12-20)14-8-13-24-21(23-2)25-17-19-10-7-9-18(15-19)16-22;/h4-7,9-12,15H,3,8,13-14,17H2,1-2H3,(H2,23,24,25);1H. The summed E-state index contributed by atoms with van der Waals surface area (Å²) in [4.78, 5) is 6.62. The van der Waals surface area contributed by atoms with Gasteiger partial charge in [0.25, 0.3) is 0 Å². The van der Waals surface area contributed by atoms with Gasteiger partial charge in [-0.15, -0.1) is 24.0 Å². The van der Waals surface area contributed by atoms with Crippen molar-refractivity contribution in [2.24, 2.45) is 4.99 Å². The van der Waals surface area contributed by atoms with Gasteiger partial charge in [-0.2, -0.15) is 5.26 Å². The number of hydrogen-bond acceptors (Lipinski definition) is 3. The molecule has 0 saturated heterocycles.